The molecule has 0 heterocycles. The summed E-state index contributed by atoms with van der Waals surface area (Å²) in [4.78, 5) is 14.6. The zero-order valence-corrected chi connectivity index (χ0v) is 13.3. The summed E-state index contributed by atoms with van der Waals surface area (Å²) in [7, 11) is 0. The summed E-state index contributed by atoms with van der Waals surface area (Å²) >= 11 is 0. The Kier molecular flexibility index (Phi) is 7.56. The highest BCUT2D eigenvalue weighted by atomic mass is 16.2. The molecule has 0 aliphatic heterocycles. The van der Waals surface area contributed by atoms with Gasteiger partial charge in [-0.15, -0.1) is 0 Å². The van der Waals surface area contributed by atoms with E-state index in [1.165, 1.54) is 0 Å². The van der Waals surface area contributed by atoms with E-state index in [2.05, 4.69) is 25.7 Å². The van der Waals surface area contributed by atoms with Crippen LogP contribution in [0.2, 0.25) is 0 Å². The molecule has 1 aromatic carbocycles. The van der Waals surface area contributed by atoms with E-state index >= 15 is 0 Å². The van der Waals surface area contributed by atoms with E-state index in [1.54, 1.807) is 0 Å². The summed E-state index contributed by atoms with van der Waals surface area (Å²) in [6.07, 6.45) is 2.37. The topological polar surface area (TPSA) is 40.5 Å². The Morgan fingerprint density at radius 2 is 1.90 bits per heavy atom. The molecule has 0 saturated carbocycles. The number of nitrogens with zero attached hydrogens (tertiary/aromatic N) is 1. The monoisotopic (exact) mass is 287 g/mol. The third-order valence-electron chi connectivity index (χ3n) is 3.21. The maximum atomic E-state index is 12.7. The second kappa shape index (κ2) is 9.20. The van der Waals surface area contributed by atoms with E-state index in [0.29, 0.717) is 6.42 Å². The van der Waals surface area contributed by atoms with Crippen molar-refractivity contribution in [3.05, 3.63) is 34.9 Å². The van der Waals surface area contributed by atoms with Gasteiger partial charge in [0.05, 0.1) is 6.61 Å². The second-order valence-corrected chi connectivity index (χ2v) is 5.10. The van der Waals surface area contributed by atoms with Crippen molar-refractivity contribution < 1.29 is 9.90 Å². The average molecular weight is 287 g/mol. The average Bonchev–Trinajstić information content (AvgIpc) is 2.48. The number of hydrogen-bond donors (Lipinski definition) is 1. The van der Waals surface area contributed by atoms with Crippen LogP contribution in [0.1, 0.15) is 54.6 Å². The van der Waals surface area contributed by atoms with Crippen molar-refractivity contribution in [1.82, 2.24) is 4.90 Å². The molecule has 0 atom stereocenters. The first-order chi connectivity index (χ1) is 10.1. The van der Waals surface area contributed by atoms with Gasteiger partial charge in [0, 0.05) is 30.6 Å². The van der Waals surface area contributed by atoms with Gasteiger partial charge in [-0.05, 0) is 37.5 Å². The zero-order valence-electron chi connectivity index (χ0n) is 13.3. The van der Waals surface area contributed by atoms with Gasteiger partial charge in [0.1, 0.15) is 0 Å². The molecule has 0 saturated heterocycles. The van der Waals surface area contributed by atoms with Crippen LogP contribution in [0.15, 0.2) is 18.2 Å². The molecule has 1 amide bonds. The van der Waals surface area contributed by atoms with E-state index in [0.717, 1.165) is 42.6 Å². The molecule has 0 unspecified atom stereocenters. The molecule has 0 aliphatic rings. The van der Waals surface area contributed by atoms with Crippen molar-refractivity contribution in [3.63, 3.8) is 0 Å². The fourth-order valence-electron chi connectivity index (χ4n) is 2.18. The third kappa shape index (κ3) is 5.24. The first kappa shape index (κ1) is 17.3. The van der Waals surface area contributed by atoms with Gasteiger partial charge >= 0.3 is 0 Å². The van der Waals surface area contributed by atoms with Crippen LogP contribution < -0.4 is 0 Å². The highest BCUT2D eigenvalue weighted by Crippen LogP contribution is 2.14. The van der Waals surface area contributed by atoms with Gasteiger partial charge in [0.25, 0.3) is 5.91 Å². The van der Waals surface area contributed by atoms with Crippen molar-refractivity contribution in [2.45, 2.75) is 40.0 Å². The summed E-state index contributed by atoms with van der Waals surface area (Å²) in [5.74, 6) is 5.97. The summed E-state index contributed by atoms with van der Waals surface area (Å²) in [5.41, 5.74) is 2.53. The van der Waals surface area contributed by atoms with Crippen LogP contribution >= 0.6 is 0 Å². The molecular formula is C18H25NO2. The number of aliphatic hydroxyl groups is 1. The van der Waals surface area contributed by atoms with Gasteiger partial charge in [-0.2, -0.15) is 0 Å². The second-order valence-electron chi connectivity index (χ2n) is 5.10. The fourth-order valence-corrected chi connectivity index (χ4v) is 2.18. The minimum atomic E-state index is 0.0609. The van der Waals surface area contributed by atoms with Crippen LogP contribution in [-0.4, -0.2) is 35.6 Å². The van der Waals surface area contributed by atoms with E-state index in [1.807, 2.05) is 30.0 Å². The molecule has 1 N–H and O–H groups in total. The van der Waals surface area contributed by atoms with Gasteiger partial charge in [0.2, 0.25) is 0 Å². The van der Waals surface area contributed by atoms with E-state index in [4.69, 9.17) is 5.11 Å². The number of carbonyl (C=O) groups excluding carboxylic acids is 1. The van der Waals surface area contributed by atoms with Gasteiger partial charge < -0.3 is 10.0 Å². The Bertz CT molecular complexity index is 520. The lowest BCUT2D eigenvalue weighted by molar-refractivity contribution is 0.0755. The first-order valence-corrected chi connectivity index (χ1v) is 7.63. The maximum absolute atomic E-state index is 12.7. The molecule has 114 valence electrons. The molecular weight excluding hydrogens is 262 g/mol. The molecule has 0 radical (unpaired) electrons. The lowest BCUT2D eigenvalue weighted by Crippen LogP contribution is -2.33. The minimum Gasteiger partial charge on any atom is -0.395 e. The largest absolute Gasteiger partial charge is 0.395 e. The third-order valence-corrected chi connectivity index (χ3v) is 3.21. The summed E-state index contributed by atoms with van der Waals surface area (Å²) in [5, 5.41) is 8.76. The Morgan fingerprint density at radius 3 is 2.48 bits per heavy atom. The van der Waals surface area contributed by atoms with E-state index in [-0.39, 0.29) is 12.5 Å². The number of benzene rings is 1. The number of carbonyl (C=O) groups is 1. The van der Waals surface area contributed by atoms with Crippen LogP contribution in [0.3, 0.4) is 0 Å². The summed E-state index contributed by atoms with van der Waals surface area (Å²) in [6.45, 7) is 7.75. The lowest BCUT2D eigenvalue weighted by atomic mass is 10.0. The van der Waals surface area contributed by atoms with Gasteiger partial charge in [-0.25, -0.2) is 0 Å². The molecule has 0 aliphatic carbocycles. The van der Waals surface area contributed by atoms with Crippen molar-refractivity contribution in [1.29, 1.82) is 0 Å². The molecule has 1 aromatic rings. The molecule has 21 heavy (non-hydrogen) atoms. The Morgan fingerprint density at radius 1 is 1.24 bits per heavy atom. The Balaban J connectivity index is 3.02. The number of aliphatic hydroxyl groups excluding tert-OH is 1. The predicted octanol–water partition coefficient (Wildman–Crippen LogP) is 2.99. The fraction of sp³-hybridized carbons (Fsp3) is 0.500. The van der Waals surface area contributed by atoms with Gasteiger partial charge in [-0.1, -0.05) is 31.8 Å². The molecule has 0 aromatic heterocycles. The van der Waals surface area contributed by atoms with Gasteiger partial charge in [0.15, 0.2) is 0 Å². The molecule has 0 spiro atoms. The standard InChI is InChI=1S/C18H25NO2/c1-4-11-19(12-5-2)18(21)17-14-16(8-6-7-13-20)10-9-15(17)3/h9-10,14,20H,4-5,7,11-13H2,1-3H3. The van der Waals surface area contributed by atoms with Crippen molar-refractivity contribution in [2.75, 3.05) is 19.7 Å². The number of hydrogen-bond acceptors (Lipinski definition) is 2. The quantitative estimate of drug-likeness (QED) is 0.817. The van der Waals surface area contributed by atoms with Crippen LogP contribution in [-0.2, 0) is 0 Å². The smallest absolute Gasteiger partial charge is 0.254 e. The lowest BCUT2D eigenvalue weighted by Gasteiger charge is -2.22. The van der Waals surface area contributed by atoms with E-state index < -0.39 is 0 Å². The summed E-state index contributed by atoms with van der Waals surface area (Å²) < 4.78 is 0. The number of aryl methyl sites for hydroxylation is 1. The normalized spacial score (nSPS) is 9.90. The Hall–Kier alpha value is -1.79. The van der Waals surface area contributed by atoms with Crippen molar-refractivity contribution in [3.8, 4) is 11.8 Å². The highest BCUT2D eigenvalue weighted by molar-refractivity contribution is 5.96. The summed E-state index contributed by atoms with van der Waals surface area (Å²) in [6, 6.07) is 5.72. The first-order valence-electron chi connectivity index (χ1n) is 7.63. The predicted molar refractivity (Wildman–Crippen MR) is 86.2 cm³/mol. The van der Waals surface area contributed by atoms with Crippen molar-refractivity contribution >= 4 is 5.91 Å². The van der Waals surface area contributed by atoms with Crippen LogP contribution in [0.4, 0.5) is 0 Å². The molecule has 0 bridgehead atoms. The van der Waals surface area contributed by atoms with Crippen molar-refractivity contribution in [2.24, 2.45) is 0 Å². The van der Waals surface area contributed by atoms with Gasteiger partial charge in [-0.3, -0.25) is 4.79 Å². The molecule has 3 nitrogen and oxygen atoms in total. The SMILES string of the molecule is CCCN(CCC)C(=O)c1cc(C#CCCO)ccc1C. The van der Waals surface area contributed by atoms with E-state index in [9.17, 15) is 4.79 Å². The molecule has 0 fully saturated rings. The Labute approximate surface area is 128 Å². The number of rotatable bonds is 6. The highest BCUT2D eigenvalue weighted by Gasteiger charge is 2.16. The minimum absolute atomic E-state index is 0.0609. The van der Waals surface area contributed by atoms with Crippen LogP contribution in [0.5, 0.6) is 0 Å². The number of amides is 1. The zero-order chi connectivity index (χ0) is 15.7. The molecule has 1 rings (SSSR count). The van der Waals surface area contributed by atoms with Crippen LogP contribution in [0, 0.1) is 18.8 Å². The molecule has 3 heteroatoms. The maximum Gasteiger partial charge on any atom is 0.254 e. The van der Waals surface area contributed by atoms with Crippen LogP contribution in [0.25, 0.3) is 0 Å².